The highest BCUT2D eigenvalue weighted by Crippen LogP contribution is 2.49. The fraction of sp³-hybridized carbons (Fsp3) is 0.219. The molecular formula is C32H31N5O4S. The molecule has 6 rings (SSSR count). The van der Waals surface area contributed by atoms with Gasteiger partial charge in [-0.15, -0.1) is 11.3 Å². The molecule has 2 amide bonds. The van der Waals surface area contributed by atoms with Crippen molar-refractivity contribution in [3.05, 3.63) is 101 Å². The first kappa shape index (κ1) is 27.6. The van der Waals surface area contributed by atoms with Crippen molar-refractivity contribution in [2.75, 3.05) is 5.73 Å². The van der Waals surface area contributed by atoms with Crippen molar-refractivity contribution in [2.45, 2.75) is 42.9 Å². The number of ether oxygens (including phenoxy) is 1. The van der Waals surface area contributed by atoms with Gasteiger partial charge in [0.25, 0.3) is 5.91 Å². The molecule has 8 N–H and O–H groups in total. The van der Waals surface area contributed by atoms with Crippen LogP contribution < -0.4 is 32.6 Å². The number of Topliss-reactive ketones (excluding diaryl/α,β-unsaturated/α-hetero) is 1. The summed E-state index contributed by atoms with van der Waals surface area (Å²) in [5.41, 5.74) is 20.4. The summed E-state index contributed by atoms with van der Waals surface area (Å²) in [5, 5.41) is 6.60. The summed E-state index contributed by atoms with van der Waals surface area (Å²) in [6.45, 7) is 3.49. The lowest BCUT2D eigenvalue weighted by molar-refractivity contribution is -0.124. The van der Waals surface area contributed by atoms with E-state index in [1.165, 1.54) is 17.4 Å². The fourth-order valence-electron chi connectivity index (χ4n) is 6.01. The monoisotopic (exact) mass is 581 g/mol. The number of thiophene rings is 1. The molecule has 0 aliphatic heterocycles. The molecule has 0 bridgehead atoms. The number of carbonyl (C=O) groups is 3. The van der Waals surface area contributed by atoms with Gasteiger partial charge in [0.15, 0.2) is 5.78 Å². The Morgan fingerprint density at radius 3 is 2.33 bits per heavy atom. The van der Waals surface area contributed by atoms with Crippen molar-refractivity contribution in [3.8, 4) is 11.5 Å². The quantitative estimate of drug-likeness (QED) is 0.163. The van der Waals surface area contributed by atoms with Crippen LogP contribution in [0.2, 0.25) is 0 Å². The van der Waals surface area contributed by atoms with Gasteiger partial charge < -0.3 is 32.6 Å². The number of nitrogen functional groups attached to an aromatic ring is 1. The van der Waals surface area contributed by atoms with Crippen molar-refractivity contribution >= 4 is 44.7 Å². The Kier molecular flexibility index (Phi) is 7.05. The molecular weight excluding hydrogens is 550 g/mol. The summed E-state index contributed by atoms with van der Waals surface area (Å²) in [6, 6.07) is 18.6. The highest BCUT2D eigenvalue weighted by molar-refractivity contribution is 7.21. The highest BCUT2D eigenvalue weighted by atomic mass is 32.1. The van der Waals surface area contributed by atoms with E-state index in [0.717, 1.165) is 6.42 Å². The zero-order valence-corrected chi connectivity index (χ0v) is 23.6. The predicted molar refractivity (Wildman–Crippen MR) is 163 cm³/mol. The molecule has 1 fully saturated rings. The third-order valence-electron chi connectivity index (χ3n) is 8.11. The number of nitrogens with one attached hydrogen (secondary N) is 2. The summed E-state index contributed by atoms with van der Waals surface area (Å²) in [7, 11) is 0. The van der Waals surface area contributed by atoms with Gasteiger partial charge in [-0.25, -0.2) is 0 Å². The van der Waals surface area contributed by atoms with Gasteiger partial charge in [-0.2, -0.15) is 0 Å². The zero-order chi connectivity index (χ0) is 29.6. The van der Waals surface area contributed by atoms with Crippen molar-refractivity contribution in [3.63, 3.8) is 0 Å². The van der Waals surface area contributed by atoms with Gasteiger partial charge >= 0.3 is 0 Å². The number of nitrogens with two attached hydrogens (primary N) is 3. The van der Waals surface area contributed by atoms with Gasteiger partial charge in [-0.05, 0) is 66.8 Å². The Morgan fingerprint density at radius 1 is 0.976 bits per heavy atom. The fourth-order valence-corrected chi connectivity index (χ4v) is 7.22. The smallest absolute Gasteiger partial charge is 0.261 e. The van der Waals surface area contributed by atoms with Gasteiger partial charge in [0, 0.05) is 28.7 Å². The highest BCUT2D eigenvalue weighted by Gasteiger charge is 2.49. The Morgan fingerprint density at radius 2 is 1.64 bits per heavy atom. The minimum Gasteiger partial charge on any atom is -0.457 e. The Labute approximate surface area is 246 Å². The van der Waals surface area contributed by atoms with Gasteiger partial charge in [-0.1, -0.05) is 43.0 Å². The van der Waals surface area contributed by atoms with E-state index in [0.29, 0.717) is 61.7 Å². The number of hydrogen-bond donors (Lipinski definition) is 5. The first-order chi connectivity index (χ1) is 20.2. The number of benzene rings is 3. The molecule has 2 unspecified atom stereocenters. The standard InChI is InChI=1S/C32H31N5O4S/c1-2-24(38)36-18-10-11-19(16-18)37-31(40)29-26-25-22(14-15-23(33)28(25)42-29)32(35,30(39)27(26)34)17-8-12-21(13-9-17)41-20-6-4-3-5-7-20/h2-9,12-15,18-19,27H,1,10-11,16,33-35H2,(H,36,38)(H,37,40)/t18-,19+,27?,32?/m0/s1. The molecule has 0 spiro atoms. The second kappa shape index (κ2) is 10.7. The van der Waals surface area contributed by atoms with Crippen LogP contribution in [-0.4, -0.2) is 29.7 Å². The lowest BCUT2D eigenvalue weighted by atomic mass is 9.70. The number of rotatable bonds is 7. The minimum absolute atomic E-state index is 0.0463. The minimum atomic E-state index is -1.56. The summed E-state index contributed by atoms with van der Waals surface area (Å²) in [5.74, 6) is 0.298. The average molecular weight is 582 g/mol. The van der Waals surface area contributed by atoms with E-state index in [1.807, 2.05) is 30.3 Å². The molecule has 2 aliphatic rings. The maximum absolute atomic E-state index is 14.0. The van der Waals surface area contributed by atoms with Crippen LogP contribution in [0.5, 0.6) is 11.5 Å². The van der Waals surface area contributed by atoms with E-state index in [2.05, 4.69) is 17.2 Å². The zero-order valence-electron chi connectivity index (χ0n) is 22.8. The van der Waals surface area contributed by atoms with Crippen molar-refractivity contribution < 1.29 is 19.1 Å². The van der Waals surface area contributed by atoms with Gasteiger partial charge in [-0.3, -0.25) is 14.4 Å². The summed E-state index contributed by atoms with van der Waals surface area (Å²) in [4.78, 5) is 39.7. The van der Waals surface area contributed by atoms with E-state index in [-0.39, 0.29) is 23.9 Å². The molecule has 4 atom stereocenters. The van der Waals surface area contributed by atoms with Crippen molar-refractivity contribution in [2.24, 2.45) is 11.5 Å². The van der Waals surface area contributed by atoms with Gasteiger partial charge in [0.2, 0.25) is 5.91 Å². The van der Waals surface area contributed by atoms with Crippen LogP contribution in [0.4, 0.5) is 5.69 Å². The number of carbonyl (C=O) groups excluding carboxylic acids is 3. The largest absolute Gasteiger partial charge is 0.457 e. The second-order valence-corrected chi connectivity index (χ2v) is 11.8. The van der Waals surface area contributed by atoms with E-state index >= 15 is 0 Å². The van der Waals surface area contributed by atoms with Crippen LogP contribution in [0.1, 0.15) is 51.7 Å². The van der Waals surface area contributed by atoms with Crippen LogP contribution >= 0.6 is 11.3 Å². The summed E-state index contributed by atoms with van der Waals surface area (Å²) in [6.07, 6.45) is 3.28. The first-order valence-electron chi connectivity index (χ1n) is 13.7. The number of ketones is 1. The molecule has 9 nitrogen and oxygen atoms in total. The van der Waals surface area contributed by atoms with Crippen molar-refractivity contribution in [1.82, 2.24) is 10.6 Å². The average Bonchev–Trinajstić information content (AvgIpc) is 3.61. The summed E-state index contributed by atoms with van der Waals surface area (Å²) < 4.78 is 6.58. The molecule has 0 saturated heterocycles. The topological polar surface area (TPSA) is 163 Å². The maximum atomic E-state index is 14.0. The molecule has 10 heteroatoms. The van der Waals surface area contributed by atoms with E-state index in [4.69, 9.17) is 21.9 Å². The Hall–Kier alpha value is -4.51. The molecule has 4 aromatic rings. The van der Waals surface area contributed by atoms with Crippen LogP contribution in [0.15, 0.2) is 79.4 Å². The number of amides is 2. The van der Waals surface area contributed by atoms with E-state index < -0.39 is 17.4 Å². The normalized spacial score (nSPS) is 23.0. The SMILES string of the molecule is C=CC(=O)N[C@H]1CC[C@@H](NC(=O)c2sc3c(N)ccc4c3c2C(N)C(=O)C4(N)c2ccc(Oc3ccccc3)cc2)C1. The first-order valence-corrected chi connectivity index (χ1v) is 14.5. The molecule has 0 radical (unpaired) electrons. The third-order valence-corrected chi connectivity index (χ3v) is 9.36. The maximum Gasteiger partial charge on any atom is 0.261 e. The molecule has 42 heavy (non-hydrogen) atoms. The number of anilines is 1. The molecule has 1 saturated carbocycles. The van der Waals surface area contributed by atoms with E-state index in [9.17, 15) is 14.4 Å². The molecule has 1 heterocycles. The number of hydrogen-bond acceptors (Lipinski definition) is 8. The Balaban J connectivity index is 1.34. The van der Waals surface area contributed by atoms with E-state index in [1.54, 1.807) is 36.4 Å². The van der Waals surface area contributed by atoms with Gasteiger partial charge in [0.1, 0.15) is 17.0 Å². The second-order valence-electron chi connectivity index (χ2n) is 10.7. The Bertz CT molecular complexity index is 1720. The lowest BCUT2D eigenvalue weighted by Gasteiger charge is -2.36. The molecule has 2 aliphatic carbocycles. The number of para-hydroxylation sites is 1. The van der Waals surface area contributed by atoms with Crippen LogP contribution in [0, 0.1) is 0 Å². The van der Waals surface area contributed by atoms with Crippen LogP contribution in [0.25, 0.3) is 10.1 Å². The van der Waals surface area contributed by atoms with Crippen LogP contribution in [-0.2, 0) is 15.1 Å². The summed E-state index contributed by atoms with van der Waals surface area (Å²) >= 11 is 1.21. The molecule has 3 aromatic carbocycles. The third kappa shape index (κ3) is 4.63. The van der Waals surface area contributed by atoms with Crippen LogP contribution in [0.3, 0.4) is 0 Å². The molecule has 1 aromatic heterocycles. The van der Waals surface area contributed by atoms with Gasteiger partial charge in [0.05, 0.1) is 15.6 Å². The van der Waals surface area contributed by atoms with Crippen molar-refractivity contribution in [1.29, 1.82) is 0 Å². The predicted octanol–water partition coefficient (Wildman–Crippen LogP) is 4.01. The molecule has 214 valence electrons. The lowest BCUT2D eigenvalue weighted by Crippen LogP contribution is -2.52.